The van der Waals surface area contributed by atoms with Gasteiger partial charge in [-0.2, -0.15) is 5.26 Å². The van der Waals surface area contributed by atoms with Crippen LogP contribution in [0.15, 0.2) is 54.6 Å². The molecule has 0 saturated carbocycles. The second kappa shape index (κ2) is 4.86. The predicted molar refractivity (Wildman–Crippen MR) is 63.0 cm³/mol. The van der Waals surface area contributed by atoms with Gasteiger partial charge in [-0.15, -0.1) is 0 Å². The maximum atomic E-state index is 12.8. The van der Waals surface area contributed by atoms with Crippen molar-refractivity contribution in [1.82, 2.24) is 0 Å². The minimum atomic E-state index is -2.13. The first kappa shape index (κ1) is 12.1. The van der Waals surface area contributed by atoms with Crippen molar-refractivity contribution in [1.29, 1.82) is 5.26 Å². The molecule has 3 nitrogen and oxygen atoms in total. The number of para-hydroxylation sites is 1. The van der Waals surface area contributed by atoms with Crippen LogP contribution in [0.3, 0.4) is 0 Å². The summed E-state index contributed by atoms with van der Waals surface area (Å²) in [6, 6.07) is 15.1. The van der Waals surface area contributed by atoms with E-state index >= 15 is 0 Å². The highest BCUT2D eigenvalue weighted by molar-refractivity contribution is 5.30. The first-order valence-electron chi connectivity index (χ1n) is 5.28. The van der Waals surface area contributed by atoms with Gasteiger partial charge in [0.05, 0.1) is 0 Å². The SMILES string of the molecule is N#C[C@@](O)(Oc1ccccc1)c1ccc(F)cc1. The molecule has 2 aromatic carbocycles. The molecule has 0 fully saturated rings. The number of hydrogen-bond donors (Lipinski definition) is 1. The van der Waals surface area contributed by atoms with Gasteiger partial charge in [-0.25, -0.2) is 4.39 Å². The first-order chi connectivity index (χ1) is 8.64. The Morgan fingerprint density at radius 3 is 2.22 bits per heavy atom. The molecule has 4 heteroatoms. The molecule has 0 spiro atoms. The summed E-state index contributed by atoms with van der Waals surface area (Å²) in [6.07, 6.45) is 0. The van der Waals surface area contributed by atoms with E-state index in [1.165, 1.54) is 12.1 Å². The van der Waals surface area contributed by atoms with E-state index < -0.39 is 11.6 Å². The summed E-state index contributed by atoms with van der Waals surface area (Å²) < 4.78 is 18.0. The van der Waals surface area contributed by atoms with Crippen LogP contribution in [0, 0.1) is 17.1 Å². The summed E-state index contributed by atoms with van der Waals surface area (Å²) in [6.45, 7) is 0. The smallest absolute Gasteiger partial charge is 0.325 e. The van der Waals surface area contributed by atoms with E-state index in [0.717, 1.165) is 12.1 Å². The van der Waals surface area contributed by atoms with Gasteiger partial charge < -0.3 is 9.84 Å². The minimum absolute atomic E-state index is 0.176. The molecule has 1 atom stereocenters. The Kier molecular flexibility index (Phi) is 3.26. The van der Waals surface area contributed by atoms with Crippen LogP contribution in [0.5, 0.6) is 5.75 Å². The molecular weight excluding hydrogens is 233 g/mol. The van der Waals surface area contributed by atoms with Crippen LogP contribution in [0.1, 0.15) is 5.56 Å². The number of nitrogens with zero attached hydrogens (tertiary/aromatic N) is 1. The molecule has 0 aromatic heterocycles. The maximum Gasteiger partial charge on any atom is 0.325 e. The zero-order valence-corrected chi connectivity index (χ0v) is 9.38. The van der Waals surface area contributed by atoms with Gasteiger partial charge in [-0.05, 0) is 36.4 Å². The summed E-state index contributed by atoms with van der Waals surface area (Å²) >= 11 is 0. The van der Waals surface area contributed by atoms with E-state index in [2.05, 4.69) is 0 Å². The molecule has 1 N–H and O–H groups in total. The fraction of sp³-hybridized carbons (Fsp3) is 0.0714. The number of halogens is 1. The fourth-order valence-electron chi connectivity index (χ4n) is 1.48. The van der Waals surface area contributed by atoms with Crippen LogP contribution in [0.2, 0.25) is 0 Å². The molecule has 0 unspecified atom stereocenters. The molecule has 0 aliphatic rings. The number of benzene rings is 2. The van der Waals surface area contributed by atoms with E-state index in [1.54, 1.807) is 36.4 Å². The van der Waals surface area contributed by atoms with Crippen LogP contribution < -0.4 is 4.74 Å². The number of ether oxygens (including phenoxy) is 1. The third kappa shape index (κ3) is 2.47. The van der Waals surface area contributed by atoms with Crippen molar-refractivity contribution in [2.75, 3.05) is 0 Å². The summed E-state index contributed by atoms with van der Waals surface area (Å²) in [5.41, 5.74) is 0.176. The Labute approximate surface area is 104 Å². The quantitative estimate of drug-likeness (QED) is 0.665. The largest absolute Gasteiger partial charge is 0.446 e. The molecule has 18 heavy (non-hydrogen) atoms. The maximum absolute atomic E-state index is 12.8. The molecule has 0 heterocycles. The van der Waals surface area contributed by atoms with Crippen molar-refractivity contribution in [2.45, 2.75) is 5.79 Å². The van der Waals surface area contributed by atoms with Gasteiger partial charge in [0.2, 0.25) is 0 Å². The average Bonchev–Trinajstić information content (AvgIpc) is 2.40. The van der Waals surface area contributed by atoms with Crippen molar-refractivity contribution < 1.29 is 14.2 Å². The molecule has 0 aliphatic heterocycles. The lowest BCUT2D eigenvalue weighted by Gasteiger charge is -2.22. The second-order valence-corrected chi connectivity index (χ2v) is 3.68. The van der Waals surface area contributed by atoms with Crippen molar-refractivity contribution in [3.63, 3.8) is 0 Å². The lowest BCUT2D eigenvalue weighted by Crippen LogP contribution is -2.30. The average molecular weight is 243 g/mol. The van der Waals surface area contributed by atoms with Gasteiger partial charge in [0, 0.05) is 5.56 Å². The van der Waals surface area contributed by atoms with Crippen LogP contribution >= 0.6 is 0 Å². The molecule has 0 saturated heterocycles. The van der Waals surface area contributed by atoms with Gasteiger partial charge in [0.15, 0.2) is 0 Å². The van der Waals surface area contributed by atoms with E-state index in [9.17, 15) is 9.50 Å². The third-order valence-electron chi connectivity index (χ3n) is 2.40. The Bertz CT molecular complexity index is 563. The zero-order chi connectivity index (χ0) is 13.0. The summed E-state index contributed by atoms with van der Waals surface area (Å²) in [5.74, 6) is -2.22. The van der Waals surface area contributed by atoms with Crippen molar-refractivity contribution in [2.24, 2.45) is 0 Å². The molecular formula is C14H10FNO2. The molecule has 2 rings (SSSR count). The van der Waals surface area contributed by atoms with E-state index in [1.807, 2.05) is 0 Å². The Morgan fingerprint density at radius 2 is 1.67 bits per heavy atom. The monoisotopic (exact) mass is 243 g/mol. The van der Waals surface area contributed by atoms with Crippen LogP contribution in [0.25, 0.3) is 0 Å². The topological polar surface area (TPSA) is 53.2 Å². The number of nitriles is 1. The van der Waals surface area contributed by atoms with Crippen LogP contribution in [0.4, 0.5) is 4.39 Å². The first-order valence-corrected chi connectivity index (χ1v) is 5.28. The summed E-state index contributed by atoms with van der Waals surface area (Å²) in [4.78, 5) is 0. The summed E-state index contributed by atoms with van der Waals surface area (Å²) in [5, 5.41) is 19.2. The van der Waals surface area contributed by atoms with Gasteiger partial charge in [0.1, 0.15) is 17.6 Å². The van der Waals surface area contributed by atoms with E-state index in [4.69, 9.17) is 10.00 Å². The normalized spacial score (nSPS) is 13.4. The highest BCUT2D eigenvalue weighted by Crippen LogP contribution is 2.25. The minimum Gasteiger partial charge on any atom is -0.446 e. The van der Waals surface area contributed by atoms with E-state index in [-0.39, 0.29) is 5.56 Å². The Balaban J connectivity index is 2.32. The van der Waals surface area contributed by atoms with Gasteiger partial charge in [-0.3, -0.25) is 0 Å². The molecule has 0 amide bonds. The predicted octanol–water partition coefficient (Wildman–Crippen LogP) is 2.57. The molecule has 0 aliphatic carbocycles. The Morgan fingerprint density at radius 1 is 1.06 bits per heavy atom. The standard InChI is InChI=1S/C14H10FNO2/c15-12-8-6-11(7-9-12)14(17,10-16)18-13-4-2-1-3-5-13/h1-9,17H/t14-/m1/s1. The number of hydrogen-bond acceptors (Lipinski definition) is 3. The van der Waals surface area contributed by atoms with E-state index in [0.29, 0.717) is 5.75 Å². The third-order valence-corrected chi connectivity index (χ3v) is 2.40. The number of rotatable bonds is 3. The Hall–Kier alpha value is -2.38. The molecule has 0 bridgehead atoms. The summed E-state index contributed by atoms with van der Waals surface area (Å²) in [7, 11) is 0. The lowest BCUT2D eigenvalue weighted by molar-refractivity contribution is -0.0937. The van der Waals surface area contributed by atoms with Gasteiger partial charge in [0.25, 0.3) is 0 Å². The lowest BCUT2D eigenvalue weighted by atomic mass is 10.1. The van der Waals surface area contributed by atoms with Gasteiger partial charge in [-0.1, -0.05) is 18.2 Å². The molecule has 2 aromatic rings. The zero-order valence-electron chi connectivity index (χ0n) is 9.38. The molecule has 90 valence electrons. The molecule has 0 radical (unpaired) electrons. The van der Waals surface area contributed by atoms with Crippen molar-refractivity contribution >= 4 is 0 Å². The van der Waals surface area contributed by atoms with Crippen LogP contribution in [-0.4, -0.2) is 5.11 Å². The number of aliphatic hydroxyl groups is 1. The highest BCUT2D eigenvalue weighted by Gasteiger charge is 2.31. The highest BCUT2D eigenvalue weighted by atomic mass is 19.1. The second-order valence-electron chi connectivity index (χ2n) is 3.68. The van der Waals surface area contributed by atoms with Crippen molar-refractivity contribution in [3.05, 3.63) is 66.0 Å². The van der Waals surface area contributed by atoms with Gasteiger partial charge >= 0.3 is 5.79 Å². The van der Waals surface area contributed by atoms with Crippen LogP contribution in [-0.2, 0) is 5.79 Å². The fourth-order valence-corrected chi connectivity index (χ4v) is 1.48. The van der Waals surface area contributed by atoms with Crippen molar-refractivity contribution in [3.8, 4) is 11.8 Å².